The van der Waals surface area contributed by atoms with Crippen LogP contribution in [0.3, 0.4) is 0 Å². The van der Waals surface area contributed by atoms with Crippen LogP contribution in [-0.2, 0) is 6.42 Å². The second-order valence-corrected chi connectivity index (χ2v) is 13.4. The minimum atomic E-state index is -0.0704. The van der Waals surface area contributed by atoms with E-state index < -0.39 is 0 Å². The van der Waals surface area contributed by atoms with Crippen LogP contribution >= 0.6 is 0 Å². The zero-order valence-electron chi connectivity index (χ0n) is 25.0. The number of hydrogen-bond acceptors (Lipinski definition) is 3. The fourth-order valence-corrected chi connectivity index (χ4v) is 9.70. The number of furan rings is 3. The molecule has 3 aliphatic rings. The molecule has 0 fully saturated rings. The topological polar surface area (TPSA) is 44.4 Å². The van der Waals surface area contributed by atoms with Gasteiger partial charge < -0.3 is 17.7 Å². The van der Waals surface area contributed by atoms with Crippen LogP contribution in [0.25, 0.3) is 88.1 Å². The largest absolute Gasteiger partial charge is 0.460 e. The lowest BCUT2D eigenvalue weighted by Crippen LogP contribution is -2.57. The van der Waals surface area contributed by atoms with E-state index in [-0.39, 0.29) is 12.8 Å². The van der Waals surface area contributed by atoms with Crippen molar-refractivity contribution in [3.8, 4) is 22.3 Å². The number of aromatic nitrogens is 1. The van der Waals surface area contributed by atoms with Crippen LogP contribution in [0.1, 0.15) is 22.8 Å². The van der Waals surface area contributed by atoms with Gasteiger partial charge in [0.25, 0.3) is 0 Å². The third-order valence-electron chi connectivity index (χ3n) is 11.4. The highest BCUT2D eigenvalue weighted by Gasteiger charge is 2.47. The van der Waals surface area contributed by atoms with E-state index in [0.717, 1.165) is 51.0 Å². The molecule has 0 N–H and O–H groups in total. The molecule has 2 aliphatic heterocycles. The second-order valence-electron chi connectivity index (χ2n) is 13.4. The first-order valence-corrected chi connectivity index (χ1v) is 16.4. The van der Waals surface area contributed by atoms with E-state index in [9.17, 15) is 0 Å². The third-order valence-corrected chi connectivity index (χ3v) is 11.4. The Balaban J connectivity index is 1.27. The Morgan fingerprint density at radius 3 is 2.17 bits per heavy atom. The lowest BCUT2D eigenvalue weighted by atomic mass is 9.40. The number of rotatable bonds is 0. The molecule has 4 nitrogen and oxygen atoms in total. The highest BCUT2D eigenvalue weighted by molar-refractivity contribution is 6.88. The highest BCUT2D eigenvalue weighted by atomic mass is 16.3. The van der Waals surface area contributed by atoms with Crippen molar-refractivity contribution in [3.05, 3.63) is 132 Å². The molecule has 13 rings (SSSR count). The van der Waals surface area contributed by atoms with E-state index in [0.29, 0.717) is 0 Å². The number of fused-ring (bicyclic) bond motifs is 17. The van der Waals surface area contributed by atoms with Gasteiger partial charge in [0.05, 0.1) is 5.39 Å². The van der Waals surface area contributed by atoms with Crippen molar-refractivity contribution >= 4 is 83.7 Å². The van der Waals surface area contributed by atoms with E-state index in [1.807, 2.05) is 0 Å². The molecule has 1 atom stereocenters. The molecule has 0 saturated heterocycles. The molecule has 47 heavy (non-hydrogen) atoms. The van der Waals surface area contributed by atoms with Crippen LogP contribution < -0.4 is 10.9 Å². The van der Waals surface area contributed by atoms with Crippen LogP contribution in [0.2, 0.25) is 0 Å². The zero-order valence-corrected chi connectivity index (χ0v) is 25.0. The summed E-state index contributed by atoms with van der Waals surface area (Å²) in [5, 5.41) is 7.08. The molecule has 0 radical (unpaired) electrons. The van der Waals surface area contributed by atoms with Crippen molar-refractivity contribution in [2.45, 2.75) is 12.3 Å². The van der Waals surface area contributed by atoms with Gasteiger partial charge in [0.2, 0.25) is 0 Å². The third kappa shape index (κ3) is 2.54. The monoisotopic (exact) mass is 599 g/mol. The fourth-order valence-electron chi connectivity index (χ4n) is 9.70. The van der Waals surface area contributed by atoms with Gasteiger partial charge in [-0.1, -0.05) is 91.0 Å². The molecule has 0 bridgehead atoms. The lowest BCUT2D eigenvalue weighted by Gasteiger charge is -2.40. The molecule has 0 amide bonds. The van der Waals surface area contributed by atoms with E-state index >= 15 is 0 Å². The Hall–Kier alpha value is -5.94. The number of nitrogens with zero attached hydrogens (tertiary/aromatic N) is 1. The molecule has 6 aromatic carbocycles. The molecular formula is C42H22BNO3. The van der Waals surface area contributed by atoms with Gasteiger partial charge in [-0.05, 0) is 51.9 Å². The van der Waals surface area contributed by atoms with Gasteiger partial charge in [0.1, 0.15) is 28.1 Å². The van der Waals surface area contributed by atoms with Crippen molar-refractivity contribution in [2.24, 2.45) is 0 Å². The zero-order chi connectivity index (χ0) is 30.1. The highest BCUT2D eigenvalue weighted by Crippen LogP contribution is 2.52. The maximum absolute atomic E-state index is 6.83. The van der Waals surface area contributed by atoms with Gasteiger partial charge in [-0.15, -0.1) is 0 Å². The van der Waals surface area contributed by atoms with Crippen molar-refractivity contribution in [1.82, 2.24) is 4.48 Å². The summed E-state index contributed by atoms with van der Waals surface area (Å²) in [4.78, 5) is 0. The summed E-state index contributed by atoms with van der Waals surface area (Å²) in [5.74, 6) is 1.23. The van der Waals surface area contributed by atoms with E-state index in [2.05, 4.69) is 120 Å². The molecule has 216 valence electrons. The van der Waals surface area contributed by atoms with E-state index in [4.69, 9.17) is 13.3 Å². The SMILES string of the molecule is c1cc2c3c(c1)-c1c(oc4ccccc14)CC3c1cc3c(oc4ccccc43)c3c1B2n1c2oc4ccccc4c2c2cccc-3c21. The van der Waals surface area contributed by atoms with E-state index in [1.54, 1.807) is 0 Å². The van der Waals surface area contributed by atoms with Crippen LogP contribution in [0.4, 0.5) is 0 Å². The summed E-state index contributed by atoms with van der Waals surface area (Å²) >= 11 is 0. The molecular weight excluding hydrogens is 577 g/mol. The minimum absolute atomic E-state index is 0.0704. The van der Waals surface area contributed by atoms with Crippen molar-refractivity contribution < 1.29 is 13.3 Å². The van der Waals surface area contributed by atoms with Gasteiger partial charge >= 0.3 is 6.85 Å². The molecule has 1 aliphatic carbocycles. The predicted molar refractivity (Wildman–Crippen MR) is 190 cm³/mol. The smallest absolute Gasteiger partial charge is 0.332 e. The van der Waals surface area contributed by atoms with Gasteiger partial charge in [-0.25, -0.2) is 0 Å². The Bertz CT molecular complexity index is 3080. The summed E-state index contributed by atoms with van der Waals surface area (Å²) in [5.41, 5.74) is 16.3. The summed E-state index contributed by atoms with van der Waals surface area (Å²) in [6.07, 6.45) is 0.817. The summed E-state index contributed by atoms with van der Waals surface area (Å²) < 4.78 is 22.8. The van der Waals surface area contributed by atoms with Crippen molar-refractivity contribution in [1.29, 1.82) is 0 Å². The standard InChI is InChI=1S/C42H22BNO3/c1-4-16-31-21(9-1)29-19-28-27-20-34-36(22-10-2-5-17-32(22)45-34)24-12-8-15-30(35(24)27)43-39(28)38(41(29)46-31)26-14-7-13-25-37-23-11-3-6-18-33(23)47-42(37)44(43)40(25)26/h1-19,27H,20H2. The molecule has 0 saturated carbocycles. The Kier molecular flexibility index (Phi) is 3.84. The van der Waals surface area contributed by atoms with Crippen LogP contribution in [0, 0.1) is 0 Å². The first-order valence-electron chi connectivity index (χ1n) is 16.4. The first kappa shape index (κ1) is 23.4. The summed E-state index contributed by atoms with van der Waals surface area (Å²) in [6, 6.07) is 41.5. The van der Waals surface area contributed by atoms with Gasteiger partial charge in [-0.2, -0.15) is 0 Å². The van der Waals surface area contributed by atoms with Gasteiger partial charge in [0.15, 0.2) is 5.71 Å². The fraction of sp³-hybridized carbons (Fsp3) is 0.0476. The van der Waals surface area contributed by atoms with Crippen LogP contribution in [-0.4, -0.2) is 11.3 Å². The number of hydrogen-bond donors (Lipinski definition) is 0. The lowest BCUT2D eigenvalue weighted by molar-refractivity contribution is 0.531. The molecule has 6 heterocycles. The summed E-state index contributed by atoms with van der Waals surface area (Å²) in [6.45, 7) is -0.0704. The number of para-hydroxylation sites is 4. The molecule has 10 aromatic rings. The molecule has 5 heteroatoms. The maximum Gasteiger partial charge on any atom is 0.332 e. The van der Waals surface area contributed by atoms with Gasteiger partial charge in [0, 0.05) is 61.5 Å². The first-order chi connectivity index (χ1) is 23.3. The Labute approximate surface area is 267 Å². The van der Waals surface area contributed by atoms with E-state index in [1.165, 1.54) is 71.4 Å². The second kappa shape index (κ2) is 7.71. The van der Waals surface area contributed by atoms with Crippen LogP contribution in [0.5, 0.6) is 0 Å². The minimum Gasteiger partial charge on any atom is -0.460 e. The Morgan fingerprint density at radius 1 is 0.596 bits per heavy atom. The molecule has 0 spiro atoms. The summed E-state index contributed by atoms with van der Waals surface area (Å²) in [7, 11) is 0. The number of benzene rings is 6. The average molecular weight is 599 g/mol. The predicted octanol–water partition coefficient (Wildman–Crippen LogP) is 9.49. The average Bonchev–Trinajstić information content (AvgIpc) is 3.86. The molecule has 1 unspecified atom stereocenters. The normalized spacial score (nSPS) is 15.7. The van der Waals surface area contributed by atoms with Crippen LogP contribution in [0.15, 0.2) is 129 Å². The maximum atomic E-state index is 6.83. The Morgan fingerprint density at radius 2 is 1.30 bits per heavy atom. The van der Waals surface area contributed by atoms with Crippen molar-refractivity contribution in [2.75, 3.05) is 0 Å². The quantitative estimate of drug-likeness (QED) is 0.163. The van der Waals surface area contributed by atoms with Gasteiger partial charge in [-0.3, -0.25) is 0 Å². The molecule has 4 aromatic heterocycles. The van der Waals surface area contributed by atoms with Crippen molar-refractivity contribution in [3.63, 3.8) is 0 Å².